The van der Waals surface area contributed by atoms with Crippen LogP contribution in [-0.4, -0.2) is 21.0 Å². The summed E-state index contributed by atoms with van der Waals surface area (Å²) in [5, 5.41) is 6.60. The molecule has 0 atom stereocenters. The summed E-state index contributed by atoms with van der Waals surface area (Å²) in [4.78, 5) is 20.5. The zero-order valence-electron chi connectivity index (χ0n) is 15.9. The first-order valence-corrected chi connectivity index (χ1v) is 8.67. The van der Waals surface area contributed by atoms with Crippen LogP contribution in [0, 0.1) is 6.92 Å². The van der Waals surface area contributed by atoms with Crippen LogP contribution in [0.2, 0.25) is 0 Å². The van der Waals surface area contributed by atoms with Crippen molar-refractivity contribution in [1.82, 2.24) is 20.4 Å². The maximum Gasteiger partial charge on any atom is 0.292 e. The van der Waals surface area contributed by atoms with Crippen molar-refractivity contribution >= 4 is 11.6 Å². The van der Waals surface area contributed by atoms with Gasteiger partial charge in [-0.25, -0.2) is 0 Å². The summed E-state index contributed by atoms with van der Waals surface area (Å²) >= 11 is 0. The number of anilines is 1. The maximum atomic E-state index is 12.3. The summed E-state index contributed by atoms with van der Waals surface area (Å²) in [6, 6.07) is 7.88. The fraction of sp³-hybridized carbons (Fsp3) is 0.300. The molecule has 0 fully saturated rings. The topological polar surface area (TPSA) is 107 Å². The van der Waals surface area contributed by atoms with E-state index >= 15 is 0 Å². The Morgan fingerprint density at radius 1 is 1.26 bits per heavy atom. The van der Waals surface area contributed by atoms with Gasteiger partial charge in [-0.05, 0) is 29.7 Å². The Balaban J connectivity index is 1.70. The molecule has 0 saturated carbocycles. The average molecular weight is 365 g/mol. The van der Waals surface area contributed by atoms with Gasteiger partial charge in [0.15, 0.2) is 0 Å². The van der Waals surface area contributed by atoms with Gasteiger partial charge < -0.3 is 15.6 Å². The van der Waals surface area contributed by atoms with Crippen molar-refractivity contribution in [3.8, 4) is 11.1 Å². The van der Waals surface area contributed by atoms with Gasteiger partial charge in [-0.15, -0.1) is 0 Å². The molecular formula is C20H23N5O2. The molecule has 0 aliphatic heterocycles. The molecule has 7 nitrogen and oxygen atoms in total. The number of nitrogens with two attached hydrogens (primary N) is 1. The first-order chi connectivity index (χ1) is 12.8. The second-order valence-corrected chi connectivity index (χ2v) is 7.46. The minimum absolute atomic E-state index is 0.0405. The number of nitrogen functional groups attached to an aromatic ring is 1. The summed E-state index contributed by atoms with van der Waals surface area (Å²) in [5.74, 6) is 0.109. The fourth-order valence-electron chi connectivity index (χ4n) is 2.61. The summed E-state index contributed by atoms with van der Waals surface area (Å²) in [6.07, 6.45) is 3.35. The number of amides is 1. The number of nitrogens with zero attached hydrogens (tertiary/aromatic N) is 3. The largest absolute Gasteiger partial charge is 0.397 e. The number of benzene rings is 1. The molecule has 0 aliphatic rings. The Kier molecular flexibility index (Phi) is 4.94. The smallest absolute Gasteiger partial charge is 0.292 e. The highest BCUT2D eigenvalue weighted by molar-refractivity contribution is 5.90. The molecule has 2 heterocycles. The van der Waals surface area contributed by atoms with Crippen LogP contribution in [0.1, 0.15) is 48.4 Å². The second kappa shape index (κ2) is 7.19. The maximum absolute atomic E-state index is 12.3. The molecule has 0 spiro atoms. The molecule has 3 aromatic rings. The van der Waals surface area contributed by atoms with Gasteiger partial charge in [0.05, 0.1) is 11.9 Å². The molecule has 1 amide bonds. The quantitative estimate of drug-likeness (QED) is 0.735. The standard InChI is InChI=1S/C20H23N5O2/c1-12-9-13(15-7-8-22-11-16(15)21)5-6-14(12)10-23-18(26)17-24-19(27-25-17)20(2,3)4/h5-9,11H,10,21H2,1-4H3,(H,23,26). The van der Waals surface area contributed by atoms with Gasteiger partial charge in [0.25, 0.3) is 11.7 Å². The molecule has 3 rings (SSSR count). The third-order valence-electron chi connectivity index (χ3n) is 4.22. The fourth-order valence-corrected chi connectivity index (χ4v) is 2.61. The third-order valence-corrected chi connectivity index (χ3v) is 4.22. The molecule has 0 bridgehead atoms. The number of rotatable bonds is 4. The van der Waals surface area contributed by atoms with Crippen molar-refractivity contribution in [3.63, 3.8) is 0 Å². The SMILES string of the molecule is Cc1cc(-c2ccncc2N)ccc1CNC(=O)c1noc(C(C)(C)C)n1. The van der Waals surface area contributed by atoms with Crippen LogP contribution in [0.4, 0.5) is 5.69 Å². The Morgan fingerprint density at radius 3 is 2.67 bits per heavy atom. The molecule has 0 radical (unpaired) electrons. The third kappa shape index (κ3) is 4.13. The summed E-state index contributed by atoms with van der Waals surface area (Å²) in [7, 11) is 0. The van der Waals surface area contributed by atoms with Crippen LogP contribution in [0.5, 0.6) is 0 Å². The Morgan fingerprint density at radius 2 is 2.04 bits per heavy atom. The van der Waals surface area contributed by atoms with Crippen molar-refractivity contribution in [1.29, 1.82) is 0 Å². The zero-order valence-corrected chi connectivity index (χ0v) is 15.9. The average Bonchev–Trinajstić information content (AvgIpc) is 3.11. The van der Waals surface area contributed by atoms with Crippen LogP contribution >= 0.6 is 0 Å². The number of hydrogen-bond donors (Lipinski definition) is 2. The number of carbonyl (C=O) groups is 1. The number of pyridine rings is 1. The zero-order chi connectivity index (χ0) is 19.6. The van der Waals surface area contributed by atoms with E-state index in [9.17, 15) is 4.79 Å². The van der Waals surface area contributed by atoms with E-state index in [0.29, 0.717) is 18.1 Å². The molecule has 3 N–H and O–H groups in total. The summed E-state index contributed by atoms with van der Waals surface area (Å²) in [6.45, 7) is 8.21. The summed E-state index contributed by atoms with van der Waals surface area (Å²) < 4.78 is 5.16. The first kappa shape index (κ1) is 18.6. The van der Waals surface area contributed by atoms with E-state index in [2.05, 4.69) is 20.4 Å². The lowest BCUT2D eigenvalue weighted by molar-refractivity contribution is 0.0937. The van der Waals surface area contributed by atoms with Gasteiger partial charge in [-0.3, -0.25) is 9.78 Å². The van der Waals surface area contributed by atoms with Gasteiger partial charge in [0.2, 0.25) is 5.89 Å². The van der Waals surface area contributed by atoms with Crippen LogP contribution in [0.15, 0.2) is 41.2 Å². The first-order valence-electron chi connectivity index (χ1n) is 8.67. The second-order valence-electron chi connectivity index (χ2n) is 7.46. The molecule has 0 unspecified atom stereocenters. The van der Waals surface area contributed by atoms with Crippen LogP contribution in [0.3, 0.4) is 0 Å². The van der Waals surface area contributed by atoms with Crippen molar-refractivity contribution in [3.05, 3.63) is 59.5 Å². The molecular weight excluding hydrogens is 342 g/mol. The molecule has 1 aromatic carbocycles. The predicted molar refractivity (Wildman–Crippen MR) is 103 cm³/mol. The van der Waals surface area contributed by atoms with Gasteiger partial charge in [-0.2, -0.15) is 4.98 Å². The highest BCUT2D eigenvalue weighted by Gasteiger charge is 2.24. The lowest BCUT2D eigenvalue weighted by Crippen LogP contribution is -2.24. The highest BCUT2D eigenvalue weighted by atomic mass is 16.5. The van der Waals surface area contributed by atoms with E-state index in [-0.39, 0.29) is 17.1 Å². The molecule has 0 aliphatic carbocycles. The van der Waals surface area contributed by atoms with Gasteiger partial charge in [0.1, 0.15) is 0 Å². The lowest BCUT2D eigenvalue weighted by Gasteiger charge is -2.11. The normalized spacial score (nSPS) is 11.4. The summed E-state index contributed by atoms with van der Waals surface area (Å²) in [5.41, 5.74) is 10.3. The van der Waals surface area contributed by atoms with Gasteiger partial charge in [0, 0.05) is 23.7 Å². The van der Waals surface area contributed by atoms with E-state index in [1.165, 1.54) is 0 Å². The predicted octanol–water partition coefficient (Wildman–Crippen LogP) is 3.25. The number of aromatic nitrogens is 3. The van der Waals surface area contributed by atoms with Crippen molar-refractivity contribution in [2.75, 3.05) is 5.73 Å². The van der Waals surface area contributed by atoms with E-state index in [1.807, 2.05) is 52.0 Å². The van der Waals surface area contributed by atoms with Crippen molar-refractivity contribution in [2.24, 2.45) is 0 Å². The Hall–Kier alpha value is -3.22. The van der Waals surface area contributed by atoms with E-state index in [4.69, 9.17) is 10.3 Å². The molecule has 27 heavy (non-hydrogen) atoms. The number of nitrogens with one attached hydrogen (secondary N) is 1. The van der Waals surface area contributed by atoms with E-state index < -0.39 is 0 Å². The van der Waals surface area contributed by atoms with Crippen molar-refractivity contribution < 1.29 is 9.32 Å². The monoisotopic (exact) mass is 365 g/mol. The molecule has 7 heteroatoms. The van der Waals surface area contributed by atoms with Gasteiger partial charge in [-0.1, -0.05) is 44.1 Å². The van der Waals surface area contributed by atoms with E-state index in [1.54, 1.807) is 12.4 Å². The van der Waals surface area contributed by atoms with Crippen LogP contribution < -0.4 is 11.1 Å². The minimum atomic E-state index is -0.365. The number of aryl methyl sites for hydroxylation is 1. The van der Waals surface area contributed by atoms with Crippen molar-refractivity contribution in [2.45, 2.75) is 39.7 Å². The Bertz CT molecular complexity index is 972. The number of hydrogen-bond acceptors (Lipinski definition) is 6. The van der Waals surface area contributed by atoms with Gasteiger partial charge >= 0.3 is 0 Å². The van der Waals surface area contributed by atoms with E-state index in [0.717, 1.165) is 22.3 Å². The van der Waals surface area contributed by atoms with Crippen LogP contribution in [0.25, 0.3) is 11.1 Å². The number of carbonyl (C=O) groups excluding carboxylic acids is 1. The van der Waals surface area contributed by atoms with Crippen LogP contribution in [-0.2, 0) is 12.0 Å². The lowest BCUT2D eigenvalue weighted by atomic mass is 9.97. The molecule has 2 aromatic heterocycles. The Labute approximate surface area is 158 Å². The molecule has 0 saturated heterocycles. The highest BCUT2D eigenvalue weighted by Crippen LogP contribution is 2.26. The minimum Gasteiger partial charge on any atom is -0.397 e. The molecule has 140 valence electrons.